The molecule has 0 amide bonds. The number of aryl methyl sites for hydroxylation is 2. The highest BCUT2D eigenvalue weighted by atomic mass is 127. The lowest BCUT2D eigenvalue weighted by Crippen LogP contribution is -2.37. The second-order valence-electron chi connectivity index (χ2n) is 7.49. The first-order chi connectivity index (χ1) is 14.3. The van der Waals surface area contributed by atoms with E-state index in [1.807, 2.05) is 7.05 Å². The van der Waals surface area contributed by atoms with Gasteiger partial charge in [-0.15, -0.1) is 34.2 Å². The van der Waals surface area contributed by atoms with Crippen molar-refractivity contribution in [3.8, 4) is 0 Å². The van der Waals surface area contributed by atoms with Crippen molar-refractivity contribution < 1.29 is 0 Å². The van der Waals surface area contributed by atoms with Gasteiger partial charge in [-0.25, -0.2) is 0 Å². The van der Waals surface area contributed by atoms with Crippen LogP contribution in [0.25, 0.3) is 0 Å². The maximum absolute atomic E-state index is 4.48. The van der Waals surface area contributed by atoms with E-state index in [2.05, 4.69) is 67.8 Å². The van der Waals surface area contributed by atoms with Crippen LogP contribution in [0.2, 0.25) is 0 Å². The van der Waals surface area contributed by atoms with Crippen molar-refractivity contribution in [2.75, 3.05) is 19.8 Å². The van der Waals surface area contributed by atoms with E-state index in [-0.39, 0.29) is 24.0 Å². The smallest absolute Gasteiger partial charge is 0.191 e. The first kappa shape index (κ1) is 25.0. The Hall–Kier alpha value is -1.29. The Morgan fingerprint density at radius 2 is 1.90 bits per heavy atom. The minimum atomic E-state index is 0. The van der Waals surface area contributed by atoms with E-state index in [0.717, 1.165) is 49.3 Å². The molecular formula is C22H35IN6S. The van der Waals surface area contributed by atoms with Gasteiger partial charge in [0, 0.05) is 32.6 Å². The van der Waals surface area contributed by atoms with Crippen molar-refractivity contribution in [1.29, 1.82) is 0 Å². The van der Waals surface area contributed by atoms with E-state index in [9.17, 15) is 0 Å². The SMILES string of the molecule is CCc1ccccc1CNC(=NC)NCCCc1nnc(SC)n1C1CCCC1.I. The second-order valence-corrected chi connectivity index (χ2v) is 8.26. The van der Waals surface area contributed by atoms with E-state index >= 15 is 0 Å². The molecular weight excluding hydrogens is 507 g/mol. The molecule has 0 radical (unpaired) electrons. The minimum Gasteiger partial charge on any atom is -0.356 e. The van der Waals surface area contributed by atoms with Crippen molar-refractivity contribution in [2.45, 2.75) is 69.6 Å². The molecule has 0 spiro atoms. The number of rotatable bonds is 9. The van der Waals surface area contributed by atoms with Gasteiger partial charge in [-0.3, -0.25) is 4.99 Å². The number of aliphatic imine (C=N–C) groups is 1. The van der Waals surface area contributed by atoms with E-state index in [0.29, 0.717) is 6.04 Å². The Bertz CT molecular complexity index is 801. The summed E-state index contributed by atoms with van der Waals surface area (Å²) in [6.07, 6.45) is 10.2. The van der Waals surface area contributed by atoms with Crippen LogP contribution in [0.15, 0.2) is 34.4 Å². The minimum absolute atomic E-state index is 0. The molecule has 30 heavy (non-hydrogen) atoms. The van der Waals surface area contributed by atoms with E-state index in [4.69, 9.17) is 0 Å². The van der Waals surface area contributed by atoms with Gasteiger partial charge in [0.1, 0.15) is 5.82 Å². The molecule has 2 aromatic rings. The normalized spacial score (nSPS) is 14.6. The highest BCUT2D eigenvalue weighted by Crippen LogP contribution is 2.33. The van der Waals surface area contributed by atoms with Crippen LogP contribution in [0, 0.1) is 0 Å². The molecule has 0 saturated heterocycles. The van der Waals surface area contributed by atoms with Crippen LogP contribution in [0.4, 0.5) is 0 Å². The van der Waals surface area contributed by atoms with Gasteiger partial charge in [0.2, 0.25) is 0 Å². The molecule has 1 aromatic carbocycles. The van der Waals surface area contributed by atoms with Gasteiger partial charge in [-0.1, -0.05) is 55.8 Å². The average Bonchev–Trinajstić information content (AvgIpc) is 3.42. The summed E-state index contributed by atoms with van der Waals surface area (Å²) in [5.74, 6) is 1.97. The Morgan fingerprint density at radius 1 is 1.17 bits per heavy atom. The molecule has 2 N–H and O–H groups in total. The molecule has 0 bridgehead atoms. The summed E-state index contributed by atoms with van der Waals surface area (Å²) in [6.45, 7) is 3.84. The highest BCUT2D eigenvalue weighted by molar-refractivity contribution is 14.0. The highest BCUT2D eigenvalue weighted by Gasteiger charge is 2.23. The van der Waals surface area contributed by atoms with Crippen LogP contribution >= 0.6 is 35.7 Å². The fourth-order valence-corrected chi connectivity index (χ4v) is 4.65. The third kappa shape index (κ3) is 6.60. The summed E-state index contributed by atoms with van der Waals surface area (Å²) in [7, 11) is 1.82. The maximum Gasteiger partial charge on any atom is 0.191 e. The van der Waals surface area contributed by atoms with Gasteiger partial charge in [0.15, 0.2) is 11.1 Å². The lowest BCUT2D eigenvalue weighted by molar-refractivity contribution is 0.460. The molecule has 1 aromatic heterocycles. The first-order valence-corrected chi connectivity index (χ1v) is 12.0. The zero-order valence-corrected chi connectivity index (χ0v) is 21.5. The first-order valence-electron chi connectivity index (χ1n) is 10.8. The molecule has 166 valence electrons. The van der Waals surface area contributed by atoms with Gasteiger partial charge < -0.3 is 15.2 Å². The number of aromatic nitrogens is 3. The molecule has 6 nitrogen and oxygen atoms in total. The predicted molar refractivity (Wildman–Crippen MR) is 137 cm³/mol. The predicted octanol–water partition coefficient (Wildman–Crippen LogP) is 4.59. The fourth-order valence-electron chi connectivity index (χ4n) is 4.07. The summed E-state index contributed by atoms with van der Waals surface area (Å²) in [5, 5.41) is 16.8. The molecule has 0 aliphatic heterocycles. The van der Waals surface area contributed by atoms with Crippen LogP contribution in [-0.4, -0.2) is 40.6 Å². The van der Waals surface area contributed by atoms with Gasteiger partial charge in [0.25, 0.3) is 0 Å². The molecule has 0 unspecified atom stereocenters. The van der Waals surface area contributed by atoms with E-state index < -0.39 is 0 Å². The molecule has 1 fully saturated rings. The molecule has 1 aliphatic carbocycles. The number of nitrogens with one attached hydrogen (secondary N) is 2. The lowest BCUT2D eigenvalue weighted by Gasteiger charge is -2.16. The molecule has 1 saturated carbocycles. The van der Waals surface area contributed by atoms with E-state index in [1.165, 1.54) is 36.8 Å². The number of guanidine groups is 1. The van der Waals surface area contributed by atoms with E-state index in [1.54, 1.807) is 11.8 Å². The molecule has 1 aliphatic rings. The zero-order valence-electron chi connectivity index (χ0n) is 18.4. The topological polar surface area (TPSA) is 67.1 Å². The van der Waals surface area contributed by atoms with Crippen LogP contribution in [0.5, 0.6) is 0 Å². The van der Waals surface area contributed by atoms with Crippen LogP contribution in [-0.2, 0) is 19.4 Å². The van der Waals surface area contributed by atoms with Crippen molar-refractivity contribution in [1.82, 2.24) is 25.4 Å². The van der Waals surface area contributed by atoms with Crippen molar-refractivity contribution in [3.05, 3.63) is 41.2 Å². The summed E-state index contributed by atoms with van der Waals surface area (Å²) in [4.78, 5) is 4.36. The number of hydrogen-bond acceptors (Lipinski definition) is 4. The Morgan fingerprint density at radius 3 is 2.57 bits per heavy atom. The molecule has 8 heteroatoms. The quantitative estimate of drug-likeness (QED) is 0.160. The monoisotopic (exact) mass is 542 g/mol. The van der Waals surface area contributed by atoms with Crippen molar-refractivity contribution in [3.63, 3.8) is 0 Å². The fraction of sp³-hybridized carbons (Fsp3) is 0.591. The molecule has 0 atom stereocenters. The molecule has 3 rings (SSSR count). The average molecular weight is 543 g/mol. The third-order valence-corrected chi connectivity index (χ3v) is 6.29. The summed E-state index contributed by atoms with van der Waals surface area (Å²) in [6, 6.07) is 9.15. The van der Waals surface area contributed by atoms with Gasteiger partial charge >= 0.3 is 0 Å². The van der Waals surface area contributed by atoms with Gasteiger partial charge in [-0.2, -0.15) is 0 Å². The Kier molecular flexibility index (Phi) is 11.0. The lowest BCUT2D eigenvalue weighted by atomic mass is 10.1. The second kappa shape index (κ2) is 13.2. The largest absolute Gasteiger partial charge is 0.356 e. The summed E-state index contributed by atoms with van der Waals surface area (Å²) in [5.41, 5.74) is 2.71. The van der Waals surface area contributed by atoms with Crippen LogP contribution in [0.3, 0.4) is 0 Å². The zero-order chi connectivity index (χ0) is 20.5. The van der Waals surface area contributed by atoms with Crippen LogP contribution in [0.1, 0.15) is 62.0 Å². The number of thioether (sulfide) groups is 1. The van der Waals surface area contributed by atoms with Gasteiger partial charge in [-0.05, 0) is 43.1 Å². The number of halogens is 1. The Balaban J connectivity index is 0.00000320. The number of nitrogens with zero attached hydrogens (tertiary/aromatic N) is 4. The summed E-state index contributed by atoms with van der Waals surface area (Å²) < 4.78 is 2.40. The Labute approximate surface area is 202 Å². The van der Waals surface area contributed by atoms with Crippen molar-refractivity contribution >= 4 is 41.7 Å². The third-order valence-electron chi connectivity index (χ3n) is 5.65. The molecule has 1 heterocycles. The van der Waals surface area contributed by atoms with Gasteiger partial charge in [0.05, 0.1) is 0 Å². The van der Waals surface area contributed by atoms with Crippen LogP contribution < -0.4 is 10.6 Å². The number of benzene rings is 1. The summed E-state index contributed by atoms with van der Waals surface area (Å²) >= 11 is 1.70. The standard InChI is InChI=1S/C22H34N6S.HI/c1-4-17-10-5-6-11-18(17)16-25-21(23-2)24-15-9-14-20-26-27-22(29-3)28(20)19-12-7-8-13-19;/h5-6,10-11,19H,4,7-9,12-16H2,1-3H3,(H2,23,24,25);1H. The maximum atomic E-state index is 4.48. The number of hydrogen-bond donors (Lipinski definition) is 2. The van der Waals surface area contributed by atoms with Crippen molar-refractivity contribution in [2.24, 2.45) is 4.99 Å².